The summed E-state index contributed by atoms with van der Waals surface area (Å²) in [5, 5.41) is 0. The summed E-state index contributed by atoms with van der Waals surface area (Å²) in [7, 11) is 0. The Morgan fingerprint density at radius 3 is 2.00 bits per heavy atom. The van der Waals surface area contributed by atoms with Crippen molar-refractivity contribution in [3.63, 3.8) is 0 Å². The van der Waals surface area contributed by atoms with E-state index in [1.165, 1.54) is 0 Å². The van der Waals surface area contributed by atoms with Crippen molar-refractivity contribution in [3.8, 4) is 0 Å². The van der Waals surface area contributed by atoms with Crippen molar-refractivity contribution in [3.05, 3.63) is 36.0 Å². The molecule has 0 aromatic carbocycles. The van der Waals surface area contributed by atoms with Gasteiger partial charge in [0, 0.05) is 12.4 Å². The van der Waals surface area contributed by atoms with Gasteiger partial charge in [-0.1, -0.05) is 0 Å². The standard InChI is InChI=1S/C8H10N/c1-6-4-9-5-7(2)8(6)3/h4-5H,3H2,1-2H3. The second-order valence-electron chi connectivity index (χ2n) is 2.25. The van der Waals surface area contributed by atoms with E-state index in [2.05, 4.69) is 11.9 Å². The van der Waals surface area contributed by atoms with Crippen LogP contribution in [-0.4, -0.2) is 4.98 Å². The molecule has 0 aliphatic carbocycles. The lowest BCUT2D eigenvalue weighted by Gasteiger charge is -1.99. The van der Waals surface area contributed by atoms with Crippen LogP contribution < -0.4 is 0 Å². The summed E-state index contributed by atoms with van der Waals surface area (Å²) in [6.07, 6.45) is 3.66. The van der Waals surface area contributed by atoms with Crippen molar-refractivity contribution in [2.75, 3.05) is 0 Å². The first-order valence-electron chi connectivity index (χ1n) is 2.95. The van der Waals surface area contributed by atoms with Gasteiger partial charge < -0.3 is 0 Å². The van der Waals surface area contributed by atoms with Crippen LogP contribution >= 0.6 is 0 Å². The van der Waals surface area contributed by atoms with Crippen LogP contribution in [-0.2, 0) is 0 Å². The smallest absolute Gasteiger partial charge is 0.0300 e. The van der Waals surface area contributed by atoms with Crippen LogP contribution in [0.4, 0.5) is 0 Å². The Labute approximate surface area is 55.7 Å². The minimum atomic E-state index is 1.10. The van der Waals surface area contributed by atoms with E-state index in [-0.39, 0.29) is 0 Å². The van der Waals surface area contributed by atoms with Crippen LogP contribution in [0.1, 0.15) is 16.7 Å². The van der Waals surface area contributed by atoms with Crippen molar-refractivity contribution >= 4 is 0 Å². The molecule has 1 nitrogen and oxygen atoms in total. The Morgan fingerprint density at radius 1 is 1.22 bits per heavy atom. The molecular formula is C8H10N. The van der Waals surface area contributed by atoms with Gasteiger partial charge in [0.15, 0.2) is 0 Å². The fourth-order valence-electron chi connectivity index (χ4n) is 0.728. The van der Waals surface area contributed by atoms with Crippen molar-refractivity contribution < 1.29 is 0 Å². The van der Waals surface area contributed by atoms with E-state index in [1.54, 1.807) is 0 Å². The van der Waals surface area contributed by atoms with E-state index in [9.17, 15) is 0 Å². The number of rotatable bonds is 0. The zero-order valence-corrected chi connectivity index (χ0v) is 5.81. The lowest BCUT2D eigenvalue weighted by molar-refractivity contribution is 1.19. The number of hydrogen-bond acceptors (Lipinski definition) is 1. The van der Waals surface area contributed by atoms with Crippen molar-refractivity contribution in [2.45, 2.75) is 13.8 Å². The lowest BCUT2D eigenvalue weighted by Crippen LogP contribution is -1.86. The molecule has 0 N–H and O–H groups in total. The van der Waals surface area contributed by atoms with E-state index >= 15 is 0 Å². The Morgan fingerprint density at radius 2 is 1.67 bits per heavy atom. The van der Waals surface area contributed by atoms with E-state index in [0.29, 0.717) is 0 Å². The highest BCUT2D eigenvalue weighted by Crippen LogP contribution is 2.07. The van der Waals surface area contributed by atoms with Gasteiger partial charge in [-0.2, -0.15) is 0 Å². The van der Waals surface area contributed by atoms with E-state index in [4.69, 9.17) is 0 Å². The molecule has 0 saturated carbocycles. The van der Waals surface area contributed by atoms with Gasteiger partial charge in [-0.15, -0.1) is 0 Å². The highest BCUT2D eigenvalue weighted by Gasteiger charge is 1.93. The molecular weight excluding hydrogens is 110 g/mol. The average Bonchev–Trinajstić information content (AvgIpc) is 1.83. The van der Waals surface area contributed by atoms with Crippen molar-refractivity contribution in [1.29, 1.82) is 0 Å². The molecule has 0 fully saturated rings. The minimum absolute atomic E-state index is 1.10. The fourth-order valence-corrected chi connectivity index (χ4v) is 0.728. The highest BCUT2D eigenvalue weighted by atomic mass is 14.6. The first-order valence-corrected chi connectivity index (χ1v) is 2.95. The summed E-state index contributed by atoms with van der Waals surface area (Å²) in [6.45, 7) is 7.91. The van der Waals surface area contributed by atoms with Crippen LogP contribution in [0.3, 0.4) is 0 Å². The van der Waals surface area contributed by atoms with Crippen molar-refractivity contribution in [2.24, 2.45) is 0 Å². The molecule has 9 heavy (non-hydrogen) atoms. The summed E-state index contributed by atoms with van der Waals surface area (Å²) in [4.78, 5) is 4.00. The zero-order valence-electron chi connectivity index (χ0n) is 5.81. The van der Waals surface area contributed by atoms with Crippen LogP contribution in [0.5, 0.6) is 0 Å². The number of aryl methyl sites for hydroxylation is 2. The lowest BCUT2D eigenvalue weighted by atomic mass is 10.1. The topological polar surface area (TPSA) is 12.9 Å². The second-order valence-corrected chi connectivity index (χ2v) is 2.25. The molecule has 0 saturated heterocycles. The predicted octanol–water partition coefficient (Wildman–Crippen LogP) is 1.88. The Balaban J connectivity index is 3.25. The molecule has 47 valence electrons. The van der Waals surface area contributed by atoms with Gasteiger partial charge >= 0.3 is 0 Å². The molecule has 0 bridgehead atoms. The Bertz CT molecular complexity index is 196. The zero-order chi connectivity index (χ0) is 6.85. The molecule has 0 spiro atoms. The number of hydrogen-bond donors (Lipinski definition) is 0. The molecule has 1 aromatic heterocycles. The number of nitrogens with zero attached hydrogens (tertiary/aromatic N) is 1. The van der Waals surface area contributed by atoms with Crippen molar-refractivity contribution in [1.82, 2.24) is 4.98 Å². The van der Waals surface area contributed by atoms with Gasteiger partial charge in [0.05, 0.1) is 0 Å². The quantitative estimate of drug-likeness (QED) is 0.509. The molecule has 1 heteroatoms. The first-order chi connectivity index (χ1) is 4.22. The summed E-state index contributed by atoms with van der Waals surface area (Å²) >= 11 is 0. The number of aromatic nitrogens is 1. The maximum absolute atomic E-state index is 4.00. The van der Waals surface area contributed by atoms with E-state index in [1.807, 2.05) is 26.2 Å². The van der Waals surface area contributed by atoms with Gasteiger partial charge in [-0.05, 0) is 37.5 Å². The van der Waals surface area contributed by atoms with Crippen LogP contribution in [0.15, 0.2) is 12.4 Å². The minimum Gasteiger partial charge on any atom is -0.264 e. The molecule has 1 aromatic rings. The predicted molar refractivity (Wildman–Crippen MR) is 38.2 cm³/mol. The third-order valence-corrected chi connectivity index (χ3v) is 1.49. The van der Waals surface area contributed by atoms with Gasteiger partial charge in [0.25, 0.3) is 0 Å². The van der Waals surface area contributed by atoms with Gasteiger partial charge in [-0.3, -0.25) is 4.98 Å². The second kappa shape index (κ2) is 2.18. The maximum Gasteiger partial charge on any atom is 0.0300 e. The summed E-state index contributed by atoms with van der Waals surface area (Å²) in [6, 6.07) is 0. The van der Waals surface area contributed by atoms with E-state index < -0.39 is 0 Å². The fraction of sp³-hybridized carbons (Fsp3) is 0.250. The normalized spacial score (nSPS) is 9.67. The molecule has 0 aliphatic rings. The summed E-state index contributed by atoms with van der Waals surface area (Å²) in [5.74, 6) is 0. The molecule has 0 unspecified atom stereocenters. The van der Waals surface area contributed by atoms with Gasteiger partial charge in [0.2, 0.25) is 0 Å². The molecule has 1 rings (SSSR count). The first kappa shape index (κ1) is 6.27. The largest absolute Gasteiger partial charge is 0.264 e. The van der Waals surface area contributed by atoms with Gasteiger partial charge in [0.1, 0.15) is 0 Å². The molecule has 0 aliphatic heterocycles. The SMILES string of the molecule is [CH2]c1c(C)cncc1C. The average molecular weight is 120 g/mol. The third-order valence-electron chi connectivity index (χ3n) is 1.49. The molecule has 1 heterocycles. The van der Waals surface area contributed by atoms with E-state index in [0.717, 1.165) is 16.7 Å². The molecule has 0 amide bonds. The van der Waals surface area contributed by atoms with Crippen LogP contribution in [0, 0.1) is 20.8 Å². The molecule has 1 radical (unpaired) electrons. The third kappa shape index (κ3) is 1.10. The van der Waals surface area contributed by atoms with Crippen LogP contribution in [0.2, 0.25) is 0 Å². The summed E-state index contributed by atoms with van der Waals surface area (Å²) in [5.41, 5.74) is 3.43. The number of pyridine rings is 1. The van der Waals surface area contributed by atoms with Crippen LogP contribution in [0.25, 0.3) is 0 Å². The Kier molecular flexibility index (Phi) is 1.52. The monoisotopic (exact) mass is 120 g/mol. The maximum atomic E-state index is 4.00. The molecule has 0 atom stereocenters. The van der Waals surface area contributed by atoms with Gasteiger partial charge in [-0.25, -0.2) is 0 Å². The summed E-state index contributed by atoms with van der Waals surface area (Å²) < 4.78 is 0. The highest BCUT2D eigenvalue weighted by molar-refractivity contribution is 5.31. The Hall–Kier alpha value is -0.850.